The zero-order valence-electron chi connectivity index (χ0n) is 12.5. The van der Waals surface area contributed by atoms with E-state index in [0.717, 1.165) is 23.8 Å². The van der Waals surface area contributed by atoms with Crippen molar-refractivity contribution in [3.63, 3.8) is 0 Å². The molecule has 1 aliphatic rings. The van der Waals surface area contributed by atoms with Gasteiger partial charge in [0.15, 0.2) is 0 Å². The molecular weight excluding hydrogens is 208 g/mol. The molecular formula is C15H32N2. The molecule has 0 aromatic rings. The molecule has 2 heteroatoms. The van der Waals surface area contributed by atoms with Crippen LogP contribution in [0.1, 0.15) is 46.5 Å². The SMILES string of the molecule is CC1CCC(C(C)C)C(NCCCN(C)C)C1. The van der Waals surface area contributed by atoms with Crippen LogP contribution in [0.15, 0.2) is 0 Å². The first-order valence-corrected chi connectivity index (χ1v) is 7.38. The molecule has 1 saturated carbocycles. The molecule has 1 N–H and O–H groups in total. The maximum atomic E-state index is 3.81. The van der Waals surface area contributed by atoms with E-state index in [4.69, 9.17) is 0 Å². The molecule has 1 aliphatic carbocycles. The van der Waals surface area contributed by atoms with E-state index in [9.17, 15) is 0 Å². The molecule has 0 amide bonds. The zero-order chi connectivity index (χ0) is 12.8. The molecule has 17 heavy (non-hydrogen) atoms. The summed E-state index contributed by atoms with van der Waals surface area (Å²) < 4.78 is 0. The number of rotatable bonds is 6. The fourth-order valence-electron chi connectivity index (χ4n) is 3.12. The maximum Gasteiger partial charge on any atom is 0.0100 e. The lowest BCUT2D eigenvalue weighted by atomic mass is 9.74. The summed E-state index contributed by atoms with van der Waals surface area (Å²) in [6.45, 7) is 9.55. The fourth-order valence-corrected chi connectivity index (χ4v) is 3.12. The lowest BCUT2D eigenvalue weighted by molar-refractivity contribution is 0.169. The summed E-state index contributed by atoms with van der Waals surface area (Å²) >= 11 is 0. The third-order valence-electron chi connectivity index (χ3n) is 4.21. The Morgan fingerprint density at radius 1 is 1.24 bits per heavy atom. The quantitative estimate of drug-likeness (QED) is 0.718. The second kappa shape index (κ2) is 7.38. The lowest BCUT2D eigenvalue weighted by Crippen LogP contribution is -2.43. The second-order valence-electron chi connectivity index (χ2n) is 6.54. The van der Waals surface area contributed by atoms with Gasteiger partial charge in [-0.15, -0.1) is 0 Å². The molecule has 1 rings (SSSR count). The van der Waals surface area contributed by atoms with Crippen molar-refractivity contribution in [1.82, 2.24) is 10.2 Å². The lowest BCUT2D eigenvalue weighted by Gasteiger charge is -2.38. The van der Waals surface area contributed by atoms with Gasteiger partial charge in [0, 0.05) is 6.04 Å². The van der Waals surface area contributed by atoms with Gasteiger partial charge >= 0.3 is 0 Å². The normalized spacial score (nSPS) is 30.2. The number of hydrogen-bond acceptors (Lipinski definition) is 2. The molecule has 2 nitrogen and oxygen atoms in total. The highest BCUT2D eigenvalue weighted by Crippen LogP contribution is 2.33. The van der Waals surface area contributed by atoms with Gasteiger partial charge in [-0.2, -0.15) is 0 Å². The van der Waals surface area contributed by atoms with Crippen LogP contribution in [0, 0.1) is 17.8 Å². The standard InChI is InChI=1S/C15H32N2/c1-12(2)14-8-7-13(3)11-15(14)16-9-6-10-17(4)5/h12-16H,6-11H2,1-5H3. The summed E-state index contributed by atoms with van der Waals surface area (Å²) in [5.41, 5.74) is 0. The van der Waals surface area contributed by atoms with E-state index in [-0.39, 0.29) is 0 Å². The molecule has 0 saturated heterocycles. The minimum absolute atomic E-state index is 0.765. The van der Waals surface area contributed by atoms with Gasteiger partial charge in [0.05, 0.1) is 0 Å². The Labute approximate surface area is 108 Å². The molecule has 1 fully saturated rings. The van der Waals surface area contributed by atoms with Gasteiger partial charge in [-0.05, 0) is 64.2 Å². The minimum atomic E-state index is 0.765. The number of nitrogens with zero attached hydrogens (tertiary/aromatic N) is 1. The largest absolute Gasteiger partial charge is 0.314 e. The van der Waals surface area contributed by atoms with Gasteiger partial charge in [0.25, 0.3) is 0 Å². The van der Waals surface area contributed by atoms with Crippen LogP contribution >= 0.6 is 0 Å². The molecule has 3 unspecified atom stereocenters. The van der Waals surface area contributed by atoms with Gasteiger partial charge < -0.3 is 10.2 Å². The molecule has 0 spiro atoms. The fraction of sp³-hybridized carbons (Fsp3) is 1.00. The molecule has 0 aliphatic heterocycles. The molecule has 0 bridgehead atoms. The molecule has 3 atom stereocenters. The van der Waals surface area contributed by atoms with Crippen molar-refractivity contribution >= 4 is 0 Å². The third kappa shape index (κ3) is 5.39. The highest BCUT2D eigenvalue weighted by Gasteiger charge is 2.29. The Bertz CT molecular complexity index is 201. The van der Waals surface area contributed by atoms with Crippen molar-refractivity contribution in [2.75, 3.05) is 27.2 Å². The average Bonchev–Trinajstić information content (AvgIpc) is 2.23. The molecule has 102 valence electrons. The Balaban J connectivity index is 2.31. The summed E-state index contributed by atoms with van der Waals surface area (Å²) in [4.78, 5) is 2.27. The summed E-state index contributed by atoms with van der Waals surface area (Å²) in [5, 5.41) is 3.81. The van der Waals surface area contributed by atoms with Gasteiger partial charge in [0.1, 0.15) is 0 Å². The van der Waals surface area contributed by atoms with Gasteiger partial charge in [0.2, 0.25) is 0 Å². The van der Waals surface area contributed by atoms with E-state index < -0.39 is 0 Å². The van der Waals surface area contributed by atoms with Crippen LogP contribution in [-0.4, -0.2) is 38.1 Å². The number of hydrogen-bond donors (Lipinski definition) is 1. The van der Waals surface area contributed by atoms with E-state index >= 15 is 0 Å². The van der Waals surface area contributed by atoms with Crippen molar-refractivity contribution in [1.29, 1.82) is 0 Å². The molecule has 0 heterocycles. The first-order chi connectivity index (χ1) is 8.00. The van der Waals surface area contributed by atoms with Crippen molar-refractivity contribution in [2.24, 2.45) is 17.8 Å². The van der Waals surface area contributed by atoms with Gasteiger partial charge in [-0.25, -0.2) is 0 Å². The predicted octanol–water partition coefficient (Wildman–Crippen LogP) is 2.99. The Hall–Kier alpha value is -0.0800. The predicted molar refractivity (Wildman–Crippen MR) is 76.3 cm³/mol. The topological polar surface area (TPSA) is 15.3 Å². The van der Waals surface area contributed by atoms with Crippen LogP contribution in [-0.2, 0) is 0 Å². The van der Waals surface area contributed by atoms with Crippen LogP contribution < -0.4 is 5.32 Å². The van der Waals surface area contributed by atoms with Gasteiger partial charge in [-0.3, -0.25) is 0 Å². The van der Waals surface area contributed by atoms with Crippen LogP contribution in [0.4, 0.5) is 0 Å². The molecule has 0 aromatic heterocycles. The average molecular weight is 240 g/mol. The Morgan fingerprint density at radius 3 is 2.53 bits per heavy atom. The van der Waals surface area contributed by atoms with E-state index in [2.05, 4.69) is 45.1 Å². The van der Waals surface area contributed by atoms with Crippen molar-refractivity contribution < 1.29 is 0 Å². The summed E-state index contributed by atoms with van der Waals surface area (Å²) in [5.74, 6) is 2.63. The second-order valence-corrected chi connectivity index (χ2v) is 6.54. The van der Waals surface area contributed by atoms with Gasteiger partial charge in [-0.1, -0.05) is 27.2 Å². The highest BCUT2D eigenvalue weighted by molar-refractivity contribution is 4.85. The van der Waals surface area contributed by atoms with Crippen molar-refractivity contribution in [2.45, 2.75) is 52.5 Å². The summed E-state index contributed by atoms with van der Waals surface area (Å²) in [7, 11) is 4.30. The van der Waals surface area contributed by atoms with E-state index in [1.165, 1.54) is 38.8 Å². The van der Waals surface area contributed by atoms with E-state index in [1.807, 2.05) is 0 Å². The van der Waals surface area contributed by atoms with Crippen LogP contribution in [0.25, 0.3) is 0 Å². The monoisotopic (exact) mass is 240 g/mol. The zero-order valence-corrected chi connectivity index (χ0v) is 12.5. The van der Waals surface area contributed by atoms with E-state index in [1.54, 1.807) is 0 Å². The molecule has 0 radical (unpaired) electrons. The van der Waals surface area contributed by atoms with E-state index in [0.29, 0.717) is 0 Å². The smallest absolute Gasteiger partial charge is 0.0100 e. The van der Waals surface area contributed by atoms with Crippen molar-refractivity contribution in [3.05, 3.63) is 0 Å². The third-order valence-corrected chi connectivity index (χ3v) is 4.21. The Kier molecular flexibility index (Phi) is 6.50. The summed E-state index contributed by atoms with van der Waals surface area (Å²) in [6, 6.07) is 0.765. The van der Waals surface area contributed by atoms with Crippen LogP contribution in [0.3, 0.4) is 0 Å². The minimum Gasteiger partial charge on any atom is -0.314 e. The van der Waals surface area contributed by atoms with Crippen molar-refractivity contribution in [3.8, 4) is 0 Å². The Morgan fingerprint density at radius 2 is 1.94 bits per heavy atom. The summed E-state index contributed by atoms with van der Waals surface area (Å²) in [6.07, 6.45) is 5.50. The van der Waals surface area contributed by atoms with Crippen LogP contribution in [0.2, 0.25) is 0 Å². The first-order valence-electron chi connectivity index (χ1n) is 7.38. The van der Waals surface area contributed by atoms with Crippen LogP contribution in [0.5, 0.6) is 0 Å². The number of nitrogens with one attached hydrogen (secondary N) is 1. The first kappa shape index (κ1) is 15.0. The highest BCUT2D eigenvalue weighted by atomic mass is 15.1. The molecule has 0 aromatic carbocycles. The maximum absolute atomic E-state index is 3.81.